The summed E-state index contributed by atoms with van der Waals surface area (Å²) in [4.78, 5) is 25.1. The zero-order chi connectivity index (χ0) is 22.2. The summed E-state index contributed by atoms with van der Waals surface area (Å²) in [5, 5.41) is 6.40. The van der Waals surface area contributed by atoms with E-state index in [9.17, 15) is 9.59 Å². The van der Waals surface area contributed by atoms with Crippen molar-refractivity contribution in [2.24, 2.45) is 5.10 Å². The second-order valence-corrected chi connectivity index (χ2v) is 7.25. The lowest BCUT2D eigenvalue weighted by Crippen LogP contribution is -2.23. The summed E-state index contributed by atoms with van der Waals surface area (Å²) in [6, 6.07) is 28.1. The van der Waals surface area contributed by atoms with Crippen LogP contribution in [0.25, 0.3) is 0 Å². The van der Waals surface area contributed by atoms with Gasteiger partial charge in [0.05, 0.1) is 18.4 Å². The van der Waals surface area contributed by atoms with Crippen molar-refractivity contribution in [3.05, 3.63) is 138 Å². The number of para-hydroxylation sites is 1. The number of carbonyl (C=O) groups is 2. The van der Waals surface area contributed by atoms with Crippen molar-refractivity contribution in [2.45, 2.75) is 0 Å². The molecular formula is C28H22N2O2. The van der Waals surface area contributed by atoms with Gasteiger partial charge in [-0.25, -0.2) is 0 Å². The number of hydrogen-bond acceptors (Lipinski definition) is 4. The maximum Gasteiger partial charge on any atom is 0.185 e. The molecular weight excluding hydrogens is 396 g/mol. The zero-order valence-electron chi connectivity index (χ0n) is 17.5. The minimum Gasteiger partial charge on any atom is -0.289 e. The molecule has 4 rings (SSSR count). The second-order valence-electron chi connectivity index (χ2n) is 7.25. The Morgan fingerprint density at radius 1 is 0.688 bits per heavy atom. The molecule has 1 heterocycles. The molecule has 0 saturated heterocycles. The van der Waals surface area contributed by atoms with Crippen LogP contribution in [0.2, 0.25) is 0 Å². The molecule has 0 unspecified atom stereocenters. The number of anilines is 1. The average molecular weight is 418 g/mol. The van der Waals surface area contributed by atoms with Crippen molar-refractivity contribution >= 4 is 23.5 Å². The Bertz CT molecular complexity index is 1210. The summed E-state index contributed by atoms with van der Waals surface area (Å²) < 4.78 is 0. The normalized spacial score (nSPS) is 13.8. The van der Waals surface area contributed by atoms with E-state index in [4.69, 9.17) is 0 Å². The molecule has 4 nitrogen and oxygen atoms in total. The van der Waals surface area contributed by atoms with Crippen LogP contribution >= 0.6 is 0 Å². The lowest BCUT2D eigenvalue weighted by molar-refractivity contribution is 0.103. The van der Waals surface area contributed by atoms with Gasteiger partial charge in [-0.3, -0.25) is 14.6 Å². The highest BCUT2D eigenvalue weighted by Crippen LogP contribution is 2.22. The molecule has 0 amide bonds. The third kappa shape index (κ3) is 5.24. The number of hydrazone groups is 1. The lowest BCUT2D eigenvalue weighted by atomic mass is 10.0. The van der Waals surface area contributed by atoms with Gasteiger partial charge in [-0.2, -0.15) is 5.10 Å². The number of rotatable bonds is 7. The van der Waals surface area contributed by atoms with E-state index < -0.39 is 0 Å². The van der Waals surface area contributed by atoms with Crippen LogP contribution in [-0.2, 0) is 0 Å². The molecule has 0 aromatic heterocycles. The van der Waals surface area contributed by atoms with E-state index in [0.29, 0.717) is 17.7 Å². The maximum atomic E-state index is 12.6. The topological polar surface area (TPSA) is 49.7 Å². The molecule has 0 atom stereocenters. The monoisotopic (exact) mass is 418 g/mol. The first kappa shape index (κ1) is 20.9. The summed E-state index contributed by atoms with van der Waals surface area (Å²) >= 11 is 0. The highest BCUT2D eigenvalue weighted by Gasteiger charge is 2.14. The number of benzene rings is 3. The molecule has 0 fully saturated rings. The molecule has 0 radical (unpaired) electrons. The number of ketones is 2. The van der Waals surface area contributed by atoms with Gasteiger partial charge in [-0.1, -0.05) is 84.9 Å². The Balaban J connectivity index is 1.61. The summed E-state index contributed by atoms with van der Waals surface area (Å²) in [6.45, 7) is 0.484. The molecule has 0 aliphatic carbocycles. The summed E-state index contributed by atoms with van der Waals surface area (Å²) in [6.07, 6.45) is 8.40. The Morgan fingerprint density at radius 2 is 1.19 bits per heavy atom. The van der Waals surface area contributed by atoms with Crippen molar-refractivity contribution < 1.29 is 9.59 Å². The minimum atomic E-state index is -0.0827. The van der Waals surface area contributed by atoms with Gasteiger partial charge < -0.3 is 0 Å². The van der Waals surface area contributed by atoms with Crippen molar-refractivity contribution in [1.29, 1.82) is 0 Å². The molecule has 0 spiro atoms. The van der Waals surface area contributed by atoms with E-state index in [1.165, 1.54) is 0 Å². The summed E-state index contributed by atoms with van der Waals surface area (Å²) in [5.41, 5.74) is 3.89. The number of allylic oxidation sites excluding steroid dienone is 4. The van der Waals surface area contributed by atoms with E-state index in [-0.39, 0.29) is 11.6 Å². The van der Waals surface area contributed by atoms with E-state index in [2.05, 4.69) is 5.10 Å². The zero-order valence-corrected chi connectivity index (χ0v) is 17.5. The minimum absolute atomic E-state index is 0.0736. The van der Waals surface area contributed by atoms with E-state index in [0.717, 1.165) is 16.8 Å². The summed E-state index contributed by atoms with van der Waals surface area (Å²) in [5.74, 6) is -0.156. The molecule has 3 aromatic rings. The van der Waals surface area contributed by atoms with Crippen molar-refractivity contribution in [2.75, 3.05) is 11.6 Å². The number of hydrogen-bond donors (Lipinski definition) is 0. The van der Waals surface area contributed by atoms with Crippen molar-refractivity contribution in [3.63, 3.8) is 0 Å². The fraction of sp³-hybridized carbons (Fsp3) is 0.0357. The molecule has 4 heteroatoms. The highest BCUT2D eigenvalue weighted by molar-refractivity contribution is 6.06. The first-order valence-electron chi connectivity index (χ1n) is 10.4. The Morgan fingerprint density at radius 3 is 1.75 bits per heavy atom. The maximum absolute atomic E-state index is 12.6. The smallest absolute Gasteiger partial charge is 0.185 e. The Hall–Kier alpha value is -4.31. The number of nitrogens with zero attached hydrogens (tertiary/aromatic N) is 2. The molecule has 0 N–H and O–H groups in total. The second kappa shape index (κ2) is 10.1. The van der Waals surface area contributed by atoms with Crippen LogP contribution in [0.1, 0.15) is 20.7 Å². The van der Waals surface area contributed by atoms with Gasteiger partial charge in [-0.05, 0) is 41.5 Å². The Labute approximate surface area is 187 Å². The van der Waals surface area contributed by atoms with Crippen LogP contribution in [0.3, 0.4) is 0 Å². The van der Waals surface area contributed by atoms with Gasteiger partial charge in [0.15, 0.2) is 11.6 Å². The molecule has 3 aromatic carbocycles. The van der Waals surface area contributed by atoms with Crippen LogP contribution in [0.5, 0.6) is 0 Å². The van der Waals surface area contributed by atoms with Crippen molar-refractivity contribution in [1.82, 2.24) is 0 Å². The van der Waals surface area contributed by atoms with Crippen LogP contribution in [0, 0.1) is 0 Å². The predicted octanol–water partition coefficient (Wildman–Crippen LogP) is 5.67. The molecule has 32 heavy (non-hydrogen) atoms. The lowest BCUT2D eigenvalue weighted by Gasteiger charge is -2.24. The number of carbonyl (C=O) groups excluding carboxylic acids is 2. The quantitative estimate of drug-likeness (QED) is 0.367. The molecule has 1 aliphatic heterocycles. The van der Waals surface area contributed by atoms with Gasteiger partial charge in [-0.15, -0.1) is 0 Å². The first-order chi connectivity index (χ1) is 15.7. The van der Waals surface area contributed by atoms with E-state index in [1.54, 1.807) is 48.7 Å². The van der Waals surface area contributed by atoms with Crippen LogP contribution < -0.4 is 5.01 Å². The van der Waals surface area contributed by atoms with Crippen LogP contribution in [0.4, 0.5) is 5.69 Å². The van der Waals surface area contributed by atoms with Gasteiger partial charge in [0.25, 0.3) is 0 Å². The molecule has 1 aliphatic rings. The fourth-order valence-electron chi connectivity index (χ4n) is 3.30. The third-order valence-electron chi connectivity index (χ3n) is 5.05. The summed E-state index contributed by atoms with van der Waals surface area (Å²) in [7, 11) is 0. The molecule has 0 bridgehead atoms. The van der Waals surface area contributed by atoms with Gasteiger partial charge in [0.2, 0.25) is 0 Å². The van der Waals surface area contributed by atoms with E-state index in [1.807, 2.05) is 77.8 Å². The largest absolute Gasteiger partial charge is 0.289 e. The van der Waals surface area contributed by atoms with Crippen LogP contribution in [0.15, 0.2) is 132 Å². The predicted molar refractivity (Wildman–Crippen MR) is 129 cm³/mol. The standard InChI is InChI=1S/C28H22N2O2/c31-27(22-10-4-1-5-11-22)18-16-24-20-29-30(26-14-8-3-9-15-26)21-25(24)17-19-28(32)23-12-6-2-7-13-23/h1-20H,21H2/b18-16+,19-17+. The van der Waals surface area contributed by atoms with Gasteiger partial charge in [0, 0.05) is 11.1 Å². The van der Waals surface area contributed by atoms with Gasteiger partial charge in [0.1, 0.15) is 0 Å². The SMILES string of the molecule is O=C(/C=C/C1=C(/C=C/C(=O)c2ccccc2)CN(c2ccccc2)N=C1)c1ccccc1. The fourth-order valence-corrected chi connectivity index (χ4v) is 3.30. The molecule has 156 valence electrons. The molecule has 0 saturated carbocycles. The average Bonchev–Trinajstić information content (AvgIpc) is 2.87. The van der Waals surface area contributed by atoms with Crippen LogP contribution in [-0.4, -0.2) is 24.3 Å². The third-order valence-corrected chi connectivity index (χ3v) is 5.05. The van der Waals surface area contributed by atoms with Gasteiger partial charge >= 0.3 is 0 Å². The highest BCUT2D eigenvalue weighted by atomic mass is 16.1. The Kier molecular flexibility index (Phi) is 6.63. The van der Waals surface area contributed by atoms with E-state index >= 15 is 0 Å². The first-order valence-corrected chi connectivity index (χ1v) is 10.4. The van der Waals surface area contributed by atoms with Crippen molar-refractivity contribution in [3.8, 4) is 0 Å².